The van der Waals surface area contributed by atoms with Crippen LogP contribution in [0.15, 0.2) is 94.7 Å². The highest BCUT2D eigenvalue weighted by Gasteiger charge is 2.41. The first-order chi connectivity index (χ1) is 16.5. The average molecular weight is 472 g/mol. The van der Waals surface area contributed by atoms with Gasteiger partial charge in [0.2, 0.25) is 0 Å². The van der Waals surface area contributed by atoms with Gasteiger partial charge in [-0.2, -0.15) is 0 Å². The van der Waals surface area contributed by atoms with Gasteiger partial charge in [-0.25, -0.2) is 4.79 Å². The second-order valence-electron chi connectivity index (χ2n) is 8.51. The number of carbonyl (C=O) groups excluding carboxylic acids is 2. The molecule has 5 rings (SSSR count). The number of hydrogen-bond acceptors (Lipinski definition) is 6. The summed E-state index contributed by atoms with van der Waals surface area (Å²) in [4.78, 5) is 27.6. The van der Waals surface area contributed by atoms with Crippen molar-refractivity contribution in [3.8, 4) is 11.5 Å². The highest BCUT2D eigenvalue weighted by molar-refractivity contribution is 7.10. The van der Waals surface area contributed by atoms with Crippen molar-refractivity contribution in [1.29, 1.82) is 0 Å². The van der Waals surface area contributed by atoms with Gasteiger partial charge in [0, 0.05) is 40.1 Å². The minimum absolute atomic E-state index is 0.0560. The lowest BCUT2D eigenvalue weighted by atomic mass is 9.72. The zero-order valence-corrected chi connectivity index (χ0v) is 19.9. The van der Waals surface area contributed by atoms with Gasteiger partial charge in [0.25, 0.3) is 0 Å². The molecule has 1 aromatic heterocycles. The first-order valence-electron chi connectivity index (χ1n) is 11.2. The molecule has 6 heteroatoms. The van der Waals surface area contributed by atoms with Gasteiger partial charge in [0.05, 0.1) is 12.7 Å². The van der Waals surface area contributed by atoms with Crippen molar-refractivity contribution in [3.63, 3.8) is 0 Å². The second-order valence-corrected chi connectivity index (χ2v) is 9.49. The number of Topliss-reactive ketones (excluding diaryl/α,β-unsaturated/α-hetero) is 1. The first-order valence-corrected chi connectivity index (χ1v) is 12.1. The molecular weight excluding hydrogens is 446 g/mol. The number of para-hydroxylation sites is 1. The molecule has 3 aromatic rings. The second kappa shape index (κ2) is 9.31. The molecule has 0 radical (unpaired) electrons. The Labute approximate surface area is 202 Å². The van der Waals surface area contributed by atoms with E-state index >= 15 is 0 Å². The third-order valence-corrected chi connectivity index (χ3v) is 7.38. The van der Waals surface area contributed by atoms with Gasteiger partial charge in [-0.15, -0.1) is 11.3 Å². The van der Waals surface area contributed by atoms with Crippen LogP contribution in [0.3, 0.4) is 0 Å². The van der Waals surface area contributed by atoms with Crippen molar-refractivity contribution in [2.24, 2.45) is 0 Å². The Morgan fingerprint density at radius 1 is 1.00 bits per heavy atom. The minimum Gasteiger partial charge on any atom is -0.466 e. The maximum absolute atomic E-state index is 13.6. The molecule has 0 spiro atoms. The number of dihydropyridines is 1. The molecule has 1 aliphatic carbocycles. The molecular formula is C28H25NO4S. The van der Waals surface area contributed by atoms with E-state index in [0.717, 1.165) is 23.4 Å². The Bertz CT molecular complexity index is 1290. The summed E-state index contributed by atoms with van der Waals surface area (Å²) in [5.41, 5.74) is 3.53. The number of methoxy groups -OCH3 is 1. The fourth-order valence-corrected chi connectivity index (χ4v) is 5.69. The van der Waals surface area contributed by atoms with Crippen molar-refractivity contribution in [1.82, 2.24) is 5.32 Å². The van der Waals surface area contributed by atoms with E-state index in [1.807, 2.05) is 73.0 Å². The van der Waals surface area contributed by atoms with Crippen LogP contribution in [0.4, 0.5) is 0 Å². The molecule has 0 fully saturated rings. The van der Waals surface area contributed by atoms with Crippen LogP contribution in [-0.4, -0.2) is 18.9 Å². The predicted molar refractivity (Wildman–Crippen MR) is 132 cm³/mol. The summed E-state index contributed by atoms with van der Waals surface area (Å²) in [5, 5.41) is 5.41. The lowest BCUT2D eigenvalue weighted by molar-refractivity contribution is -0.136. The Balaban J connectivity index is 1.57. The van der Waals surface area contributed by atoms with Crippen LogP contribution in [0.25, 0.3) is 0 Å². The largest absolute Gasteiger partial charge is 0.466 e. The normalized spacial score (nSPS) is 20.0. The van der Waals surface area contributed by atoms with Crippen LogP contribution in [0.1, 0.15) is 42.0 Å². The fourth-order valence-electron chi connectivity index (χ4n) is 4.86. The summed E-state index contributed by atoms with van der Waals surface area (Å²) in [5.74, 6) is 0.604. The van der Waals surface area contributed by atoms with Crippen molar-refractivity contribution < 1.29 is 19.1 Å². The van der Waals surface area contributed by atoms with Crippen molar-refractivity contribution in [2.75, 3.05) is 7.11 Å². The lowest BCUT2D eigenvalue weighted by Gasteiger charge is -2.36. The summed E-state index contributed by atoms with van der Waals surface area (Å²) < 4.78 is 11.2. The SMILES string of the molecule is COC(=O)C1=C(C)NC2=C(C(=O)C[C@H](c3cccs3)C2)[C@@H]1c1cccc(Oc2ccccc2)c1. The monoisotopic (exact) mass is 471 g/mol. The number of esters is 1. The molecule has 5 nitrogen and oxygen atoms in total. The van der Waals surface area contributed by atoms with Gasteiger partial charge < -0.3 is 14.8 Å². The number of thiophene rings is 1. The standard InChI is InChI=1S/C28H25NO4S/c1-17-25(28(31)32-2)26(18-8-6-11-21(14-18)33-20-9-4-3-5-10-20)27-22(29-17)15-19(16-23(27)30)24-12-7-13-34-24/h3-14,19,26,29H,15-16H2,1-2H3/t19-,26-/m1/s1. The molecule has 2 aliphatic rings. The number of ketones is 1. The maximum Gasteiger partial charge on any atom is 0.336 e. The zero-order valence-electron chi connectivity index (χ0n) is 19.0. The number of hydrogen-bond donors (Lipinski definition) is 1. The summed E-state index contributed by atoms with van der Waals surface area (Å²) in [6.07, 6.45) is 1.15. The fraction of sp³-hybridized carbons (Fsp3) is 0.214. The van der Waals surface area contributed by atoms with E-state index in [2.05, 4.69) is 11.4 Å². The Morgan fingerprint density at radius 2 is 1.79 bits per heavy atom. The highest BCUT2D eigenvalue weighted by atomic mass is 32.1. The summed E-state index contributed by atoms with van der Waals surface area (Å²) >= 11 is 1.68. The highest BCUT2D eigenvalue weighted by Crippen LogP contribution is 2.46. The molecule has 172 valence electrons. The van der Waals surface area contributed by atoms with Crippen LogP contribution >= 0.6 is 11.3 Å². The molecule has 34 heavy (non-hydrogen) atoms. The number of allylic oxidation sites excluding steroid dienone is 3. The van der Waals surface area contributed by atoms with Crippen molar-refractivity contribution in [2.45, 2.75) is 31.6 Å². The van der Waals surface area contributed by atoms with E-state index in [0.29, 0.717) is 29.0 Å². The van der Waals surface area contributed by atoms with Gasteiger partial charge in [-0.3, -0.25) is 4.79 Å². The van der Waals surface area contributed by atoms with Gasteiger partial charge in [-0.05, 0) is 54.6 Å². The van der Waals surface area contributed by atoms with Gasteiger partial charge >= 0.3 is 5.97 Å². The molecule has 2 aromatic carbocycles. The molecule has 0 unspecified atom stereocenters. The van der Waals surface area contributed by atoms with Crippen molar-refractivity contribution >= 4 is 23.1 Å². The van der Waals surface area contributed by atoms with E-state index < -0.39 is 11.9 Å². The quantitative estimate of drug-likeness (QED) is 0.457. The molecule has 0 bridgehead atoms. The summed E-state index contributed by atoms with van der Waals surface area (Å²) in [7, 11) is 1.37. The first kappa shape index (κ1) is 22.2. The van der Waals surface area contributed by atoms with Gasteiger partial charge in [0.1, 0.15) is 11.5 Å². The average Bonchev–Trinajstić information content (AvgIpc) is 3.38. The third-order valence-electron chi connectivity index (χ3n) is 6.35. The van der Waals surface area contributed by atoms with Gasteiger partial charge in [0.15, 0.2) is 5.78 Å². The van der Waals surface area contributed by atoms with Gasteiger partial charge in [-0.1, -0.05) is 36.4 Å². The molecule has 2 atom stereocenters. The smallest absolute Gasteiger partial charge is 0.336 e. The number of ether oxygens (including phenoxy) is 2. The van der Waals surface area contributed by atoms with Crippen LogP contribution in [0.2, 0.25) is 0 Å². The maximum atomic E-state index is 13.6. The topological polar surface area (TPSA) is 64.6 Å². The molecule has 1 aliphatic heterocycles. The van der Waals surface area contributed by atoms with E-state index in [4.69, 9.17) is 9.47 Å². The van der Waals surface area contributed by atoms with Crippen LogP contribution in [-0.2, 0) is 14.3 Å². The van der Waals surface area contributed by atoms with E-state index in [-0.39, 0.29) is 11.7 Å². The number of rotatable bonds is 5. The van der Waals surface area contributed by atoms with Crippen LogP contribution in [0.5, 0.6) is 11.5 Å². The molecule has 0 saturated heterocycles. The van der Waals surface area contributed by atoms with E-state index in [1.165, 1.54) is 12.0 Å². The molecule has 0 amide bonds. The molecule has 2 heterocycles. The third kappa shape index (κ3) is 4.17. The van der Waals surface area contributed by atoms with Crippen molar-refractivity contribution in [3.05, 3.63) is 105 Å². The van der Waals surface area contributed by atoms with E-state index in [1.54, 1.807) is 11.3 Å². The number of benzene rings is 2. The molecule has 1 N–H and O–H groups in total. The Hall–Kier alpha value is -3.64. The lowest BCUT2D eigenvalue weighted by Crippen LogP contribution is -2.35. The number of nitrogens with one attached hydrogen (secondary N) is 1. The predicted octanol–water partition coefficient (Wildman–Crippen LogP) is 6.08. The summed E-state index contributed by atoms with van der Waals surface area (Å²) in [6.45, 7) is 1.87. The van der Waals surface area contributed by atoms with Crippen LogP contribution in [0, 0.1) is 0 Å². The number of carbonyl (C=O) groups is 2. The Morgan fingerprint density at radius 3 is 2.53 bits per heavy atom. The van der Waals surface area contributed by atoms with Crippen LogP contribution < -0.4 is 10.1 Å². The Kier molecular flexibility index (Phi) is 6.07. The van der Waals surface area contributed by atoms with E-state index in [9.17, 15) is 9.59 Å². The zero-order chi connectivity index (χ0) is 23.7. The summed E-state index contributed by atoms with van der Waals surface area (Å²) in [6, 6.07) is 21.2. The minimum atomic E-state index is -0.514. The molecule has 0 saturated carbocycles.